The highest BCUT2D eigenvalue weighted by molar-refractivity contribution is 5.92. The predicted molar refractivity (Wildman–Crippen MR) is 86.7 cm³/mol. The maximum absolute atomic E-state index is 12.4. The molecule has 2 rings (SSSR count). The zero-order valence-electron chi connectivity index (χ0n) is 14.2. The van der Waals surface area contributed by atoms with Crippen LogP contribution in [-0.2, 0) is 14.3 Å². The van der Waals surface area contributed by atoms with E-state index in [1.807, 2.05) is 0 Å². The molecule has 1 aromatic rings. The van der Waals surface area contributed by atoms with Gasteiger partial charge in [0.15, 0.2) is 6.10 Å². The number of rotatable bonds is 4. The average Bonchev–Trinajstić information content (AvgIpc) is 2.61. The van der Waals surface area contributed by atoms with Crippen LogP contribution in [0.25, 0.3) is 0 Å². The largest absolute Gasteiger partial charge is 0.497 e. The summed E-state index contributed by atoms with van der Waals surface area (Å²) in [5.41, 5.74) is 0.358. The van der Waals surface area contributed by atoms with Crippen molar-refractivity contribution in [2.45, 2.75) is 20.0 Å². The zero-order chi connectivity index (χ0) is 17.7. The molecule has 0 saturated carbocycles. The zero-order valence-corrected chi connectivity index (χ0v) is 14.2. The van der Waals surface area contributed by atoms with Gasteiger partial charge in [0.25, 0.3) is 5.91 Å². The van der Waals surface area contributed by atoms with Gasteiger partial charge in [0, 0.05) is 33.1 Å². The van der Waals surface area contributed by atoms with Crippen molar-refractivity contribution in [1.82, 2.24) is 9.80 Å². The fraction of sp³-hybridized carbons (Fsp3) is 0.471. The molecule has 0 radical (unpaired) electrons. The maximum atomic E-state index is 12.4. The summed E-state index contributed by atoms with van der Waals surface area (Å²) in [5.74, 6) is -0.166. The minimum atomic E-state index is -0.872. The molecule has 1 heterocycles. The van der Waals surface area contributed by atoms with Gasteiger partial charge in [-0.2, -0.15) is 0 Å². The van der Waals surface area contributed by atoms with E-state index in [4.69, 9.17) is 9.47 Å². The van der Waals surface area contributed by atoms with Crippen LogP contribution in [-0.4, -0.2) is 67.0 Å². The van der Waals surface area contributed by atoms with Gasteiger partial charge in [-0.15, -0.1) is 0 Å². The van der Waals surface area contributed by atoms with E-state index in [-0.39, 0.29) is 11.8 Å². The first-order chi connectivity index (χ1) is 11.4. The number of esters is 1. The molecule has 0 N–H and O–H groups in total. The van der Waals surface area contributed by atoms with E-state index in [0.29, 0.717) is 37.5 Å². The first kappa shape index (κ1) is 17.8. The lowest BCUT2D eigenvalue weighted by atomic mass is 10.2. The highest BCUT2D eigenvalue weighted by atomic mass is 16.5. The molecule has 2 amide bonds. The molecule has 0 aromatic heterocycles. The van der Waals surface area contributed by atoms with Crippen molar-refractivity contribution in [3.05, 3.63) is 29.8 Å². The second-order valence-electron chi connectivity index (χ2n) is 5.61. The Kier molecular flexibility index (Phi) is 5.78. The van der Waals surface area contributed by atoms with Crippen molar-refractivity contribution in [2.75, 3.05) is 33.3 Å². The third-order valence-electron chi connectivity index (χ3n) is 3.99. The van der Waals surface area contributed by atoms with Crippen LogP contribution in [0.15, 0.2) is 24.3 Å². The molecule has 0 aliphatic carbocycles. The molecule has 24 heavy (non-hydrogen) atoms. The van der Waals surface area contributed by atoms with Crippen LogP contribution in [0.1, 0.15) is 24.2 Å². The molecular formula is C17H22N2O5. The second-order valence-corrected chi connectivity index (χ2v) is 5.61. The third-order valence-corrected chi connectivity index (χ3v) is 3.99. The number of carbonyl (C=O) groups is 3. The van der Waals surface area contributed by atoms with E-state index in [2.05, 4.69) is 0 Å². The van der Waals surface area contributed by atoms with E-state index in [0.717, 1.165) is 0 Å². The Morgan fingerprint density at radius 3 is 2.04 bits per heavy atom. The van der Waals surface area contributed by atoms with Gasteiger partial charge in [-0.25, -0.2) is 4.79 Å². The molecule has 1 fully saturated rings. The van der Waals surface area contributed by atoms with Gasteiger partial charge in [0.2, 0.25) is 5.91 Å². The number of nitrogens with zero attached hydrogens (tertiary/aromatic N) is 2. The van der Waals surface area contributed by atoms with Crippen LogP contribution in [0.3, 0.4) is 0 Å². The molecule has 0 unspecified atom stereocenters. The summed E-state index contributed by atoms with van der Waals surface area (Å²) in [5, 5.41) is 0. The monoisotopic (exact) mass is 334 g/mol. The Bertz CT molecular complexity index is 606. The normalized spacial score (nSPS) is 15.6. The number of benzene rings is 1. The summed E-state index contributed by atoms with van der Waals surface area (Å²) < 4.78 is 10.3. The lowest BCUT2D eigenvalue weighted by Gasteiger charge is -2.35. The number of piperazine rings is 1. The fourth-order valence-corrected chi connectivity index (χ4v) is 2.50. The molecule has 1 aliphatic heterocycles. The molecule has 1 aliphatic rings. The third kappa shape index (κ3) is 4.24. The first-order valence-corrected chi connectivity index (χ1v) is 7.81. The Labute approximate surface area is 141 Å². The van der Waals surface area contributed by atoms with Crippen LogP contribution in [0, 0.1) is 0 Å². The van der Waals surface area contributed by atoms with Crippen molar-refractivity contribution in [2.24, 2.45) is 0 Å². The first-order valence-electron chi connectivity index (χ1n) is 7.81. The smallest absolute Gasteiger partial charge is 0.338 e. The predicted octanol–water partition coefficient (Wildman–Crippen LogP) is 0.931. The highest BCUT2D eigenvalue weighted by Crippen LogP contribution is 2.13. The summed E-state index contributed by atoms with van der Waals surface area (Å²) in [7, 11) is 1.54. The van der Waals surface area contributed by atoms with E-state index in [1.165, 1.54) is 6.92 Å². The highest BCUT2D eigenvalue weighted by Gasteiger charge is 2.28. The van der Waals surface area contributed by atoms with Crippen molar-refractivity contribution >= 4 is 17.8 Å². The Balaban J connectivity index is 1.89. The van der Waals surface area contributed by atoms with Crippen molar-refractivity contribution in [1.29, 1.82) is 0 Å². The number of amides is 2. The summed E-state index contributed by atoms with van der Waals surface area (Å²) in [6.45, 7) is 4.96. The molecule has 7 heteroatoms. The van der Waals surface area contributed by atoms with Gasteiger partial charge >= 0.3 is 5.97 Å². The summed E-state index contributed by atoms with van der Waals surface area (Å²) >= 11 is 0. The lowest BCUT2D eigenvalue weighted by molar-refractivity contribution is -0.144. The number of methoxy groups -OCH3 is 1. The van der Waals surface area contributed by atoms with Crippen LogP contribution in [0.5, 0.6) is 5.75 Å². The topological polar surface area (TPSA) is 76.2 Å². The van der Waals surface area contributed by atoms with Crippen molar-refractivity contribution in [3.8, 4) is 5.75 Å². The number of ether oxygens (including phenoxy) is 2. The molecule has 130 valence electrons. The van der Waals surface area contributed by atoms with Crippen molar-refractivity contribution < 1.29 is 23.9 Å². The van der Waals surface area contributed by atoms with Gasteiger partial charge in [0.05, 0.1) is 12.7 Å². The van der Waals surface area contributed by atoms with Gasteiger partial charge in [0.1, 0.15) is 5.75 Å². The van der Waals surface area contributed by atoms with Gasteiger partial charge in [-0.05, 0) is 31.2 Å². The fourth-order valence-electron chi connectivity index (χ4n) is 2.50. The van der Waals surface area contributed by atoms with Crippen molar-refractivity contribution in [3.63, 3.8) is 0 Å². The minimum absolute atomic E-state index is 0.00100. The van der Waals surface area contributed by atoms with Crippen LogP contribution in [0.4, 0.5) is 0 Å². The van der Waals surface area contributed by atoms with Gasteiger partial charge < -0.3 is 19.3 Å². The number of hydrogen-bond acceptors (Lipinski definition) is 5. The quantitative estimate of drug-likeness (QED) is 0.766. The summed E-state index contributed by atoms with van der Waals surface area (Å²) in [4.78, 5) is 39.1. The van der Waals surface area contributed by atoms with E-state index in [9.17, 15) is 14.4 Å². The SMILES string of the molecule is COc1ccc(C(=O)O[C@H](C)C(=O)N2CCN(C(C)=O)CC2)cc1. The van der Waals surface area contributed by atoms with E-state index in [1.54, 1.807) is 48.1 Å². The average molecular weight is 334 g/mol. The van der Waals surface area contributed by atoms with Crippen LogP contribution >= 0.6 is 0 Å². The van der Waals surface area contributed by atoms with E-state index < -0.39 is 12.1 Å². The molecule has 1 saturated heterocycles. The summed E-state index contributed by atoms with van der Waals surface area (Å²) in [6, 6.07) is 6.49. The molecule has 1 atom stereocenters. The lowest BCUT2D eigenvalue weighted by Crippen LogP contribution is -2.52. The molecule has 7 nitrogen and oxygen atoms in total. The maximum Gasteiger partial charge on any atom is 0.338 e. The Hall–Kier alpha value is -2.57. The summed E-state index contributed by atoms with van der Waals surface area (Å²) in [6.07, 6.45) is -0.872. The number of hydrogen-bond donors (Lipinski definition) is 0. The number of carbonyl (C=O) groups excluding carboxylic acids is 3. The molecular weight excluding hydrogens is 312 g/mol. The molecule has 1 aromatic carbocycles. The van der Waals surface area contributed by atoms with Crippen LogP contribution < -0.4 is 4.74 Å². The second kappa shape index (κ2) is 7.81. The van der Waals surface area contributed by atoms with Gasteiger partial charge in [-0.1, -0.05) is 0 Å². The minimum Gasteiger partial charge on any atom is -0.497 e. The standard InChI is InChI=1S/C17H22N2O5/c1-12(16(21)19-10-8-18(9-11-19)13(2)20)24-17(22)14-4-6-15(23-3)7-5-14/h4-7,12H,8-11H2,1-3H3/t12-/m1/s1. The molecule has 0 spiro atoms. The molecule has 0 bridgehead atoms. The van der Waals surface area contributed by atoms with Crippen LogP contribution in [0.2, 0.25) is 0 Å². The Morgan fingerprint density at radius 1 is 1.00 bits per heavy atom. The van der Waals surface area contributed by atoms with E-state index >= 15 is 0 Å². The Morgan fingerprint density at radius 2 is 1.54 bits per heavy atom. The van der Waals surface area contributed by atoms with Gasteiger partial charge in [-0.3, -0.25) is 9.59 Å².